The van der Waals surface area contributed by atoms with Crippen LogP contribution in [0.15, 0.2) is 42.1 Å². The summed E-state index contributed by atoms with van der Waals surface area (Å²) in [6, 6.07) is 7.49. The monoisotopic (exact) mass is 271 g/mol. The van der Waals surface area contributed by atoms with Crippen molar-refractivity contribution in [3.8, 4) is 0 Å². The number of fused-ring (bicyclic) bond motifs is 1. The van der Waals surface area contributed by atoms with Crippen LogP contribution in [0.25, 0.3) is 10.9 Å². The minimum atomic E-state index is -0.528. The molecule has 20 heavy (non-hydrogen) atoms. The Morgan fingerprint density at radius 1 is 1.40 bits per heavy atom. The first-order chi connectivity index (χ1) is 9.58. The summed E-state index contributed by atoms with van der Waals surface area (Å²) in [6.07, 6.45) is 4.43. The van der Waals surface area contributed by atoms with E-state index >= 15 is 0 Å². The number of aromatic amines is 1. The van der Waals surface area contributed by atoms with Crippen molar-refractivity contribution < 1.29 is 4.79 Å². The first kappa shape index (κ1) is 14.3. The van der Waals surface area contributed by atoms with Gasteiger partial charge in [0.25, 0.3) is 0 Å². The van der Waals surface area contributed by atoms with Gasteiger partial charge in [-0.25, -0.2) is 0 Å². The summed E-state index contributed by atoms with van der Waals surface area (Å²) in [4.78, 5) is 15.1. The first-order valence-corrected chi connectivity index (χ1v) is 6.79. The van der Waals surface area contributed by atoms with Gasteiger partial charge in [0.05, 0.1) is 6.04 Å². The number of aromatic nitrogens is 1. The number of H-pyrrole nitrogens is 1. The van der Waals surface area contributed by atoms with Gasteiger partial charge in [0, 0.05) is 23.6 Å². The third kappa shape index (κ3) is 3.48. The van der Waals surface area contributed by atoms with E-state index in [-0.39, 0.29) is 5.91 Å². The normalized spacial score (nSPS) is 12.2. The molecule has 4 nitrogen and oxygen atoms in total. The Morgan fingerprint density at radius 3 is 2.90 bits per heavy atom. The number of allylic oxidation sites excluding steroid dienone is 1. The Hall–Kier alpha value is -2.07. The van der Waals surface area contributed by atoms with Crippen molar-refractivity contribution in [2.45, 2.75) is 26.3 Å². The minimum absolute atomic E-state index is 0.118. The lowest BCUT2D eigenvalue weighted by atomic mass is 10.1. The van der Waals surface area contributed by atoms with Gasteiger partial charge >= 0.3 is 0 Å². The van der Waals surface area contributed by atoms with Gasteiger partial charge in [-0.2, -0.15) is 0 Å². The molecule has 0 radical (unpaired) electrons. The summed E-state index contributed by atoms with van der Waals surface area (Å²) in [5, 5.41) is 3.95. The van der Waals surface area contributed by atoms with E-state index in [1.165, 1.54) is 5.57 Å². The van der Waals surface area contributed by atoms with Gasteiger partial charge in [0.2, 0.25) is 5.91 Å². The van der Waals surface area contributed by atoms with Crippen molar-refractivity contribution in [2.24, 2.45) is 5.73 Å². The number of para-hydroxylation sites is 1. The standard InChI is InChI=1S/C16H21N3O/c1-11(2)7-8-18-16(20)14(17)9-12-10-19-15-6-4-3-5-13(12)15/h3-7,10,14,19H,8-9,17H2,1-2H3,(H,18,20)/t14-/m0/s1. The highest BCUT2D eigenvalue weighted by Crippen LogP contribution is 2.18. The highest BCUT2D eigenvalue weighted by Gasteiger charge is 2.15. The van der Waals surface area contributed by atoms with Gasteiger partial charge in [0.15, 0.2) is 0 Å². The van der Waals surface area contributed by atoms with E-state index in [1.807, 2.05) is 50.4 Å². The lowest BCUT2D eigenvalue weighted by Crippen LogP contribution is -2.42. The molecule has 0 bridgehead atoms. The Labute approximate surface area is 119 Å². The fourth-order valence-corrected chi connectivity index (χ4v) is 2.12. The molecule has 0 saturated carbocycles. The quantitative estimate of drug-likeness (QED) is 0.729. The molecule has 1 amide bonds. The molecule has 1 atom stereocenters. The van der Waals surface area contributed by atoms with Gasteiger partial charge in [-0.1, -0.05) is 29.8 Å². The lowest BCUT2D eigenvalue weighted by molar-refractivity contribution is -0.122. The molecular formula is C16H21N3O. The molecule has 2 rings (SSSR count). The Balaban J connectivity index is 1.98. The zero-order chi connectivity index (χ0) is 14.5. The number of amides is 1. The maximum Gasteiger partial charge on any atom is 0.237 e. The zero-order valence-corrected chi connectivity index (χ0v) is 11.9. The molecule has 0 saturated heterocycles. The van der Waals surface area contributed by atoms with Crippen LogP contribution in [-0.4, -0.2) is 23.5 Å². The van der Waals surface area contributed by atoms with Gasteiger partial charge in [-0.3, -0.25) is 4.79 Å². The summed E-state index contributed by atoms with van der Waals surface area (Å²) in [5.41, 5.74) is 9.29. The second-order valence-electron chi connectivity index (χ2n) is 5.20. The minimum Gasteiger partial charge on any atom is -0.361 e. The Morgan fingerprint density at radius 2 is 2.15 bits per heavy atom. The summed E-state index contributed by atoms with van der Waals surface area (Å²) < 4.78 is 0. The smallest absolute Gasteiger partial charge is 0.237 e. The number of nitrogens with two attached hydrogens (primary N) is 1. The maximum absolute atomic E-state index is 11.9. The van der Waals surface area contributed by atoms with Crippen LogP contribution in [0.3, 0.4) is 0 Å². The average Bonchev–Trinajstić information content (AvgIpc) is 2.81. The molecule has 2 aromatic rings. The van der Waals surface area contributed by atoms with Crippen molar-refractivity contribution in [3.05, 3.63) is 47.7 Å². The molecule has 1 aromatic heterocycles. The van der Waals surface area contributed by atoms with Crippen LogP contribution in [0, 0.1) is 0 Å². The summed E-state index contributed by atoms with van der Waals surface area (Å²) in [5.74, 6) is -0.118. The number of benzene rings is 1. The molecule has 4 heteroatoms. The number of carbonyl (C=O) groups is 1. The molecular weight excluding hydrogens is 250 g/mol. The highest BCUT2D eigenvalue weighted by atomic mass is 16.2. The number of carbonyl (C=O) groups excluding carboxylic acids is 1. The topological polar surface area (TPSA) is 70.9 Å². The van der Waals surface area contributed by atoms with Gasteiger partial charge in [-0.15, -0.1) is 0 Å². The Bertz CT molecular complexity index is 623. The molecule has 0 unspecified atom stereocenters. The van der Waals surface area contributed by atoms with Crippen LogP contribution in [0.5, 0.6) is 0 Å². The van der Waals surface area contributed by atoms with E-state index in [1.54, 1.807) is 0 Å². The van der Waals surface area contributed by atoms with Gasteiger partial charge in [0.1, 0.15) is 0 Å². The predicted octanol–water partition coefficient (Wildman–Crippen LogP) is 2.12. The molecule has 106 valence electrons. The van der Waals surface area contributed by atoms with Gasteiger partial charge in [-0.05, 0) is 31.9 Å². The molecule has 1 aromatic carbocycles. The van der Waals surface area contributed by atoms with E-state index in [4.69, 9.17) is 5.73 Å². The van der Waals surface area contributed by atoms with E-state index in [0.29, 0.717) is 13.0 Å². The first-order valence-electron chi connectivity index (χ1n) is 6.79. The summed E-state index contributed by atoms with van der Waals surface area (Å²) in [6.45, 7) is 4.53. The molecule has 0 aliphatic carbocycles. The van der Waals surface area contributed by atoms with Crippen LogP contribution in [0.2, 0.25) is 0 Å². The van der Waals surface area contributed by atoms with Crippen molar-refractivity contribution >= 4 is 16.8 Å². The van der Waals surface area contributed by atoms with E-state index in [2.05, 4.69) is 10.3 Å². The Kier molecular flexibility index (Phi) is 4.58. The fourth-order valence-electron chi connectivity index (χ4n) is 2.12. The number of hydrogen-bond donors (Lipinski definition) is 3. The molecule has 4 N–H and O–H groups in total. The van der Waals surface area contributed by atoms with Crippen LogP contribution < -0.4 is 11.1 Å². The van der Waals surface area contributed by atoms with Crippen LogP contribution in [0.1, 0.15) is 19.4 Å². The summed E-state index contributed by atoms with van der Waals surface area (Å²) in [7, 11) is 0. The molecule has 1 heterocycles. The summed E-state index contributed by atoms with van der Waals surface area (Å²) >= 11 is 0. The zero-order valence-electron chi connectivity index (χ0n) is 11.9. The van der Waals surface area contributed by atoms with Crippen molar-refractivity contribution in [1.29, 1.82) is 0 Å². The van der Waals surface area contributed by atoms with Crippen molar-refractivity contribution in [3.63, 3.8) is 0 Å². The van der Waals surface area contributed by atoms with Crippen molar-refractivity contribution in [1.82, 2.24) is 10.3 Å². The number of rotatable bonds is 5. The number of hydrogen-bond acceptors (Lipinski definition) is 2. The van der Waals surface area contributed by atoms with Crippen LogP contribution >= 0.6 is 0 Å². The fraction of sp³-hybridized carbons (Fsp3) is 0.312. The van der Waals surface area contributed by atoms with E-state index in [9.17, 15) is 4.79 Å². The molecule has 0 aliphatic rings. The molecule has 0 aliphatic heterocycles. The number of nitrogens with one attached hydrogen (secondary N) is 2. The van der Waals surface area contributed by atoms with Crippen LogP contribution in [0.4, 0.5) is 0 Å². The average molecular weight is 271 g/mol. The third-order valence-corrected chi connectivity index (χ3v) is 3.24. The molecule has 0 spiro atoms. The van der Waals surface area contributed by atoms with Crippen molar-refractivity contribution in [2.75, 3.05) is 6.54 Å². The van der Waals surface area contributed by atoms with E-state index < -0.39 is 6.04 Å². The molecule has 0 fully saturated rings. The van der Waals surface area contributed by atoms with Gasteiger partial charge < -0.3 is 16.0 Å². The second-order valence-corrected chi connectivity index (χ2v) is 5.20. The highest BCUT2D eigenvalue weighted by molar-refractivity contribution is 5.86. The predicted molar refractivity (Wildman–Crippen MR) is 82.4 cm³/mol. The third-order valence-electron chi connectivity index (χ3n) is 3.24. The second kappa shape index (κ2) is 6.39. The maximum atomic E-state index is 11.9. The largest absolute Gasteiger partial charge is 0.361 e. The lowest BCUT2D eigenvalue weighted by Gasteiger charge is -2.10. The SMILES string of the molecule is CC(C)=CCNC(=O)[C@@H](N)Cc1c[nH]c2ccccc12. The van der Waals surface area contributed by atoms with E-state index in [0.717, 1.165) is 16.5 Å². The van der Waals surface area contributed by atoms with Crippen LogP contribution in [-0.2, 0) is 11.2 Å².